The number of amides is 3. The van der Waals surface area contributed by atoms with Crippen LogP contribution in [0.15, 0.2) is 48.5 Å². The maximum absolute atomic E-state index is 12.6. The third kappa shape index (κ3) is 6.59. The minimum Gasteiger partial charge on any atom is -0.349 e. The van der Waals surface area contributed by atoms with E-state index in [2.05, 4.69) is 52.0 Å². The Bertz CT molecular complexity index is 856. The van der Waals surface area contributed by atoms with Crippen LogP contribution in [0, 0.1) is 6.92 Å². The van der Waals surface area contributed by atoms with Crippen LogP contribution in [0.5, 0.6) is 0 Å². The summed E-state index contributed by atoms with van der Waals surface area (Å²) in [5, 5.41) is 8.68. The lowest BCUT2D eigenvalue weighted by molar-refractivity contribution is 0.0909. The van der Waals surface area contributed by atoms with Crippen LogP contribution in [0.4, 0.5) is 10.5 Å². The standard InChI is InChI=1S/C24H32N4O2/c1-17(2)25-24(30)27-21-9-7-20(8-10-21)23(29)26-22-11-13-28(14-12-22)16-19-6-4-5-18(3)15-19/h4-10,15,17,22H,11-14,16H2,1-3H3,(H,26,29)(H2,25,27,30). The lowest BCUT2D eigenvalue weighted by atomic mass is 10.0. The molecule has 1 aliphatic heterocycles. The van der Waals surface area contributed by atoms with Gasteiger partial charge in [-0.1, -0.05) is 29.8 Å². The molecule has 0 radical (unpaired) electrons. The third-order valence-corrected chi connectivity index (χ3v) is 5.24. The van der Waals surface area contributed by atoms with Gasteiger partial charge in [0, 0.05) is 43.0 Å². The number of nitrogens with one attached hydrogen (secondary N) is 3. The van der Waals surface area contributed by atoms with Crippen LogP contribution in [0.25, 0.3) is 0 Å². The Morgan fingerprint density at radius 1 is 1.07 bits per heavy atom. The molecule has 0 spiro atoms. The van der Waals surface area contributed by atoms with Crippen molar-refractivity contribution in [3.8, 4) is 0 Å². The molecule has 0 unspecified atom stereocenters. The van der Waals surface area contributed by atoms with Crippen LogP contribution in [0.2, 0.25) is 0 Å². The molecule has 2 aromatic rings. The molecule has 1 aliphatic rings. The number of hydrogen-bond acceptors (Lipinski definition) is 3. The summed E-state index contributed by atoms with van der Waals surface area (Å²) in [4.78, 5) is 26.8. The minimum atomic E-state index is -0.250. The van der Waals surface area contributed by atoms with E-state index in [1.165, 1.54) is 11.1 Å². The van der Waals surface area contributed by atoms with Gasteiger partial charge in [0.05, 0.1) is 0 Å². The van der Waals surface area contributed by atoms with Crippen LogP contribution in [0.3, 0.4) is 0 Å². The maximum atomic E-state index is 12.6. The van der Waals surface area contributed by atoms with E-state index in [1.54, 1.807) is 24.3 Å². The van der Waals surface area contributed by atoms with Gasteiger partial charge in [-0.25, -0.2) is 4.79 Å². The maximum Gasteiger partial charge on any atom is 0.319 e. The molecule has 0 bridgehead atoms. The van der Waals surface area contributed by atoms with Gasteiger partial charge in [0.25, 0.3) is 5.91 Å². The number of carbonyl (C=O) groups is 2. The third-order valence-electron chi connectivity index (χ3n) is 5.24. The molecule has 0 saturated carbocycles. The van der Waals surface area contributed by atoms with E-state index in [0.29, 0.717) is 11.3 Å². The second-order valence-electron chi connectivity index (χ2n) is 8.34. The fourth-order valence-corrected chi connectivity index (χ4v) is 3.71. The van der Waals surface area contributed by atoms with Crippen molar-refractivity contribution in [1.29, 1.82) is 0 Å². The lowest BCUT2D eigenvalue weighted by Crippen LogP contribution is -2.44. The zero-order valence-electron chi connectivity index (χ0n) is 18.1. The van der Waals surface area contributed by atoms with Crippen molar-refractivity contribution in [3.63, 3.8) is 0 Å². The highest BCUT2D eigenvalue weighted by molar-refractivity contribution is 5.95. The Morgan fingerprint density at radius 2 is 1.77 bits per heavy atom. The van der Waals surface area contributed by atoms with Crippen molar-refractivity contribution in [2.24, 2.45) is 0 Å². The number of anilines is 1. The average molecular weight is 409 g/mol. The van der Waals surface area contributed by atoms with E-state index in [0.717, 1.165) is 32.5 Å². The normalized spacial score (nSPS) is 15.1. The van der Waals surface area contributed by atoms with Gasteiger partial charge < -0.3 is 16.0 Å². The Labute approximate surface area is 179 Å². The van der Waals surface area contributed by atoms with Gasteiger partial charge in [0.1, 0.15) is 0 Å². The number of hydrogen-bond donors (Lipinski definition) is 3. The molecule has 0 atom stereocenters. The molecule has 1 heterocycles. The van der Waals surface area contributed by atoms with Gasteiger partial charge in [-0.2, -0.15) is 0 Å². The van der Waals surface area contributed by atoms with Crippen LogP contribution in [-0.2, 0) is 6.54 Å². The van der Waals surface area contributed by atoms with Gasteiger partial charge in [0.15, 0.2) is 0 Å². The van der Waals surface area contributed by atoms with Crippen LogP contribution in [0.1, 0.15) is 48.2 Å². The molecule has 1 fully saturated rings. The van der Waals surface area contributed by atoms with Crippen molar-refractivity contribution in [2.45, 2.75) is 52.2 Å². The molecule has 0 aromatic heterocycles. The summed E-state index contributed by atoms with van der Waals surface area (Å²) in [7, 11) is 0. The molecular formula is C24H32N4O2. The Morgan fingerprint density at radius 3 is 2.40 bits per heavy atom. The minimum absolute atomic E-state index is 0.0645. The van der Waals surface area contributed by atoms with Gasteiger partial charge in [0.2, 0.25) is 0 Å². The Kier molecular flexibility index (Phi) is 7.46. The zero-order chi connectivity index (χ0) is 21.5. The number of rotatable bonds is 6. The molecule has 30 heavy (non-hydrogen) atoms. The molecule has 1 saturated heterocycles. The summed E-state index contributed by atoms with van der Waals surface area (Å²) < 4.78 is 0. The topological polar surface area (TPSA) is 73.5 Å². The van der Waals surface area contributed by atoms with E-state index in [1.807, 2.05) is 13.8 Å². The summed E-state index contributed by atoms with van der Waals surface area (Å²) in [6.07, 6.45) is 1.90. The summed E-state index contributed by atoms with van der Waals surface area (Å²) in [5.41, 5.74) is 3.89. The number of likely N-dealkylation sites (tertiary alicyclic amines) is 1. The highest BCUT2D eigenvalue weighted by Gasteiger charge is 2.21. The monoisotopic (exact) mass is 408 g/mol. The van der Waals surface area contributed by atoms with Crippen LogP contribution >= 0.6 is 0 Å². The number of piperidine rings is 1. The van der Waals surface area contributed by atoms with Gasteiger partial charge in [-0.05, 0) is 63.4 Å². The highest BCUT2D eigenvalue weighted by atomic mass is 16.2. The number of aryl methyl sites for hydroxylation is 1. The quantitative estimate of drug-likeness (QED) is 0.678. The molecule has 3 rings (SSSR count). The molecule has 2 aromatic carbocycles. The first-order valence-corrected chi connectivity index (χ1v) is 10.7. The Balaban J connectivity index is 1.44. The van der Waals surface area contributed by atoms with Crippen molar-refractivity contribution in [3.05, 3.63) is 65.2 Å². The number of carbonyl (C=O) groups excluding carboxylic acids is 2. The van der Waals surface area contributed by atoms with Crippen LogP contribution < -0.4 is 16.0 Å². The smallest absolute Gasteiger partial charge is 0.319 e. The van der Waals surface area contributed by atoms with Crippen molar-refractivity contribution < 1.29 is 9.59 Å². The average Bonchev–Trinajstić information content (AvgIpc) is 2.69. The van der Waals surface area contributed by atoms with Crippen molar-refractivity contribution >= 4 is 17.6 Å². The summed E-state index contributed by atoms with van der Waals surface area (Å²) in [5.74, 6) is -0.0645. The second kappa shape index (κ2) is 10.3. The first kappa shape index (κ1) is 21.8. The molecule has 3 amide bonds. The summed E-state index contributed by atoms with van der Waals surface area (Å²) in [6.45, 7) is 8.84. The number of benzene rings is 2. The van der Waals surface area contributed by atoms with E-state index in [-0.39, 0.29) is 24.0 Å². The molecule has 6 heteroatoms. The predicted molar refractivity (Wildman–Crippen MR) is 121 cm³/mol. The van der Waals surface area contributed by atoms with E-state index in [4.69, 9.17) is 0 Å². The molecule has 3 N–H and O–H groups in total. The Hall–Kier alpha value is -2.86. The van der Waals surface area contributed by atoms with Gasteiger partial charge in [-0.15, -0.1) is 0 Å². The first-order chi connectivity index (χ1) is 14.4. The molecular weight excluding hydrogens is 376 g/mol. The van der Waals surface area contributed by atoms with E-state index >= 15 is 0 Å². The van der Waals surface area contributed by atoms with E-state index in [9.17, 15) is 9.59 Å². The predicted octanol–water partition coefficient (Wildman–Crippen LogP) is 3.92. The summed E-state index contributed by atoms with van der Waals surface area (Å²) in [6, 6.07) is 15.6. The fourth-order valence-electron chi connectivity index (χ4n) is 3.71. The SMILES string of the molecule is Cc1cccc(CN2CCC(NC(=O)c3ccc(NC(=O)NC(C)C)cc3)CC2)c1. The van der Waals surface area contributed by atoms with Crippen molar-refractivity contribution in [2.75, 3.05) is 18.4 Å². The fraction of sp³-hybridized carbons (Fsp3) is 0.417. The number of nitrogens with zero attached hydrogens (tertiary/aromatic N) is 1. The lowest BCUT2D eigenvalue weighted by Gasteiger charge is -2.32. The van der Waals surface area contributed by atoms with Gasteiger partial charge in [-0.3, -0.25) is 9.69 Å². The molecule has 160 valence electrons. The zero-order valence-corrected chi connectivity index (χ0v) is 18.1. The van der Waals surface area contributed by atoms with Crippen LogP contribution in [-0.4, -0.2) is 42.0 Å². The first-order valence-electron chi connectivity index (χ1n) is 10.7. The molecule has 0 aliphatic carbocycles. The van der Waals surface area contributed by atoms with Crippen molar-refractivity contribution in [1.82, 2.24) is 15.5 Å². The second-order valence-corrected chi connectivity index (χ2v) is 8.34. The largest absolute Gasteiger partial charge is 0.349 e. The van der Waals surface area contributed by atoms with Gasteiger partial charge >= 0.3 is 6.03 Å². The highest BCUT2D eigenvalue weighted by Crippen LogP contribution is 2.16. The molecule has 6 nitrogen and oxygen atoms in total. The summed E-state index contributed by atoms with van der Waals surface area (Å²) >= 11 is 0. The van der Waals surface area contributed by atoms with E-state index < -0.39 is 0 Å². The number of urea groups is 1.